The summed E-state index contributed by atoms with van der Waals surface area (Å²) in [6, 6.07) is -0.0194. The molecule has 1 aromatic rings. The highest BCUT2D eigenvalue weighted by molar-refractivity contribution is 5.85. The molecule has 122 valence electrons. The zero-order valence-electron chi connectivity index (χ0n) is 13.7. The first-order chi connectivity index (χ1) is 10.4. The number of nitrogens with zero attached hydrogens (tertiary/aromatic N) is 3. The minimum absolute atomic E-state index is 0.0194. The Kier molecular flexibility index (Phi) is 5.21. The van der Waals surface area contributed by atoms with Gasteiger partial charge >= 0.3 is 0 Å². The van der Waals surface area contributed by atoms with Crippen LogP contribution >= 0.6 is 0 Å². The smallest absolute Gasteiger partial charge is 0.239 e. The maximum atomic E-state index is 12.3. The van der Waals surface area contributed by atoms with Gasteiger partial charge in [0, 0.05) is 31.9 Å². The predicted molar refractivity (Wildman–Crippen MR) is 84.0 cm³/mol. The summed E-state index contributed by atoms with van der Waals surface area (Å²) < 4.78 is 1.96. The summed E-state index contributed by atoms with van der Waals surface area (Å²) in [6.07, 6.45) is 7.84. The molecule has 1 aliphatic rings. The van der Waals surface area contributed by atoms with Crippen molar-refractivity contribution in [2.24, 2.45) is 5.41 Å². The second kappa shape index (κ2) is 6.94. The number of imidazole rings is 1. The fourth-order valence-electron chi connectivity index (χ4n) is 2.58. The maximum Gasteiger partial charge on any atom is 0.239 e. The van der Waals surface area contributed by atoms with Gasteiger partial charge in [-0.05, 0) is 18.3 Å². The highest BCUT2D eigenvalue weighted by Crippen LogP contribution is 2.21. The monoisotopic (exact) mass is 306 g/mol. The van der Waals surface area contributed by atoms with Crippen LogP contribution in [0.5, 0.6) is 0 Å². The molecule has 0 unspecified atom stereocenters. The average molecular weight is 306 g/mol. The van der Waals surface area contributed by atoms with E-state index in [2.05, 4.69) is 31.1 Å². The lowest BCUT2D eigenvalue weighted by atomic mass is 9.86. The molecule has 1 aliphatic heterocycles. The van der Waals surface area contributed by atoms with Crippen LogP contribution in [0, 0.1) is 5.41 Å². The van der Waals surface area contributed by atoms with Crippen LogP contribution in [0.1, 0.15) is 40.0 Å². The normalized spacial score (nSPS) is 17.4. The molecule has 6 heteroatoms. The number of hydrogen-bond donors (Lipinski definition) is 1. The zero-order chi connectivity index (χ0) is 16.2. The number of amides is 2. The van der Waals surface area contributed by atoms with E-state index < -0.39 is 0 Å². The largest absolute Gasteiger partial charge is 0.350 e. The summed E-state index contributed by atoms with van der Waals surface area (Å²) in [4.78, 5) is 29.8. The van der Waals surface area contributed by atoms with Gasteiger partial charge < -0.3 is 14.8 Å². The molecule has 2 amide bonds. The summed E-state index contributed by atoms with van der Waals surface area (Å²) in [6.45, 7) is 7.81. The Labute approximate surface area is 131 Å². The van der Waals surface area contributed by atoms with E-state index in [1.807, 2.05) is 10.8 Å². The summed E-state index contributed by atoms with van der Waals surface area (Å²) in [5.74, 6) is -0.00129. The lowest BCUT2D eigenvalue weighted by Crippen LogP contribution is -2.50. The van der Waals surface area contributed by atoms with Crippen LogP contribution in [0.2, 0.25) is 0 Å². The lowest BCUT2D eigenvalue weighted by Gasteiger charge is -2.33. The summed E-state index contributed by atoms with van der Waals surface area (Å²) >= 11 is 0. The van der Waals surface area contributed by atoms with Crippen molar-refractivity contribution in [3.05, 3.63) is 18.7 Å². The highest BCUT2D eigenvalue weighted by Gasteiger charge is 2.28. The maximum absolute atomic E-state index is 12.3. The Morgan fingerprint density at radius 3 is 2.77 bits per heavy atom. The Morgan fingerprint density at radius 2 is 2.18 bits per heavy atom. The SMILES string of the molecule is CC(C)(C)[C@H](Cn1ccnc1)NC(=O)CN1CCCCC1=O. The van der Waals surface area contributed by atoms with E-state index in [1.54, 1.807) is 17.4 Å². The molecule has 2 rings (SSSR count). The van der Waals surface area contributed by atoms with Crippen molar-refractivity contribution in [2.75, 3.05) is 13.1 Å². The molecule has 0 aliphatic carbocycles. The van der Waals surface area contributed by atoms with E-state index in [4.69, 9.17) is 0 Å². The summed E-state index contributed by atoms with van der Waals surface area (Å²) in [5, 5.41) is 3.08. The van der Waals surface area contributed by atoms with Gasteiger partial charge in [0.15, 0.2) is 0 Å². The van der Waals surface area contributed by atoms with E-state index in [0.29, 0.717) is 19.5 Å². The number of aromatic nitrogens is 2. The lowest BCUT2D eigenvalue weighted by molar-refractivity contribution is -0.138. The Hall–Kier alpha value is -1.85. The Balaban J connectivity index is 1.94. The van der Waals surface area contributed by atoms with E-state index in [-0.39, 0.29) is 29.8 Å². The van der Waals surface area contributed by atoms with E-state index in [9.17, 15) is 9.59 Å². The molecule has 1 fully saturated rings. The Bertz CT molecular complexity index is 505. The molecule has 1 N–H and O–H groups in total. The van der Waals surface area contributed by atoms with E-state index in [1.165, 1.54) is 0 Å². The van der Waals surface area contributed by atoms with Gasteiger partial charge in [-0.15, -0.1) is 0 Å². The van der Waals surface area contributed by atoms with Crippen molar-refractivity contribution < 1.29 is 9.59 Å². The minimum Gasteiger partial charge on any atom is -0.350 e. The van der Waals surface area contributed by atoms with Crippen LogP contribution < -0.4 is 5.32 Å². The highest BCUT2D eigenvalue weighted by atomic mass is 16.2. The van der Waals surface area contributed by atoms with Crippen molar-refractivity contribution in [1.29, 1.82) is 0 Å². The first-order valence-electron chi connectivity index (χ1n) is 7.89. The van der Waals surface area contributed by atoms with Crippen LogP contribution in [0.15, 0.2) is 18.7 Å². The molecule has 1 saturated heterocycles. The van der Waals surface area contributed by atoms with Crippen molar-refractivity contribution in [3.63, 3.8) is 0 Å². The minimum atomic E-state index is -0.0877. The molecule has 0 radical (unpaired) electrons. The summed E-state index contributed by atoms with van der Waals surface area (Å²) in [7, 11) is 0. The predicted octanol–water partition coefficient (Wildman–Crippen LogP) is 1.43. The van der Waals surface area contributed by atoms with Crippen LogP contribution in [-0.4, -0.2) is 45.4 Å². The third-order valence-corrected chi connectivity index (χ3v) is 4.09. The molecule has 22 heavy (non-hydrogen) atoms. The molecule has 2 heterocycles. The zero-order valence-corrected chi connectivity index (χ0v) is 13.7. The third-order valence-electron chi connectivity index (χ3n) is 4.09. The quantitative estimate of drug-likeness (QED) is 0.895. The van der Waals surface area contributed by atoms with Crippen molar-refractivity contribution in [1.82, 2.24) is 19.8 Å². The molecular weight excluding hydrogens is 280 g/mol. The number of likely N-dealkylation sites (tertiary alicyclic amines) is 1. The average Bonchev–Trinajstić information content (AvgIpc) is 2.92. The van der Waals surface area contributed by atoms with Gasteiger partial charge in [-0.2, -0.15) is 0 Å². The van der Waals surface area contributed by atoms with E-state index >= 15 is 0 Å². The first-order valence-corrected chi connectivity index (χ1v) is 7.89. The van der Waals surface area contributed by atoms with Gasteiger partial charge in [-0.1, -0.05) is 20.8 Å². The van der Waals surface area contributed by atoms with E-state index in [0.717, 1.165) is 12.8 Å². The van der Waals surface area contributed by atoms with Gasteiger partial charge in [0.1, 0.15) is 0 Å². The number of rotatable bonds is 5. The van der Waals surface area contributed by atoms with Crippen LogP contribution in [0.25, 0.3) is 0 Å². The van der Waals surface area contributed by atoms with Crippen LogP contribution in [0.4, 0.5) is 0 Å². The second-order valence-electron chi connectivity index (χ2n) is 7.02. The van der Waals surface area contributed by atoms with Gasteiger partial charge in [0.25, 0.3) is 0 Å². The van der Waals surface area contributed by atoms with Gasteiger partial charge in [-0.3, -0.25) is 9.59 Å². The van der Waals surface area contributed by atoms with Crippen LogP contribution in [-0.2, 0) is 16.1 Å². The molecular formula is C16H26N4O2. The van der Waals surface area contributed by atoms with Gasteiger partial charge in [0.05, 0.1) is 18.9 Å². The fourth-order valence-corrected chi connectivity index (χ4v) is 2.58. The van der Waals surface area contributed by atoms with Crippen molar-refractivity contribution >= 4 is 11.8 Å². The number of carbonyl (C=O) groups excluding carboxylic acids is 2. The number of carbonyl (C=O) groups is 2. The Morgan fingerprint density at radius 1 is 1.41 bits per heavy atom. The fraction of sp³-hybridized carbons (Fsp3) is 0.688. The van der Waals surface area contributed by atoms with Crippen molar-refractivity contribution in [2.45, 2.75) is 52.6 Å². The molecule has 6 nitrogen and oxygen atoms in total. The molecule has 1 aromatic heterocycles. The standard InChI is InChI=1S/C16H26N4O2/c1-16(2,3)13(10-19-9-7-17-12-19)18-14(21)11-20-8-5-4-6-15(20)22/h7,9,12-13H,4-6,8,10-11H2,1-3H3,(H,18,21)/t13-/m0/s1. The number of nitrogens with one attached hydrogen (secondary N) is 1. The van der Waals surface area contributed by atoms with Crippen LogP contribution in [0.3, 0.4) is 0 Å². The summed E-state index contributed by atoms with van der Waals surface area (Å²) in [5.41, 5.74) is -0.0775. The third kappa shape index (κ3) is 4.58. The van der Waals surface area contributed by atoms with Gasteiger partial charge in [-0.25, -0.2) is 4.98 Å². The first kappa shape index (κ1) is 16.5. The number of piperidine rings is 1. The second-order valence-corrected chi connectivity index (χ2v) is 7.02. The molecule has 0 aromatic carbocycles. The molecule has 0 spiro atoms. The molecule has 0 bridgehead atoms. The van der Waals surface area contributed by atoms with Gasteiger partial charge in [0.2, 0.25) is 11.8 Å². The molecule has 0 saturated carbocycles. The van der Waals surface area contributed by atoms with Crippen molar-refractivity contribution in [3.8, 4) is 0 Å². The topological polar surface area (TPSA) is 67.2 Å². The molecule has 1 atom stereocenters. The number of hydrogen-bond acceptors (Lipinski definition) is 3.